The summed E-state index contributed by atoms with van der Waals surface area (Å²) in [5, 5.41) is 9.79. The molecule has 78 valence electrons. The summed E-state index contributed by atoms with van der Waals surface area (Å²) in [6.07, 6.45) is 0.116. The number of benzene rings is 1. The molecule has 4 heteroatoms. The van der Waals surface area contributed by atoms with E-state index >= 15 is 0 Å². The molecule has 0 saturated carbocycles. The van der Waals surface area contributed by atoms with Crippen LogP contribution in [-0.2, 0) is 5.60 Å². The van der Waals surface area contributed by atoms with E-state index in [9.17, 15) is 13.9 Å². The normalized spacial score (nSPS) is 15.2. The third-order valence-corrected chi connectivity index (χ3v) is 2.13. The van der Waals surface area contributed by atoms with Crippen molar-refractivity contribution in [2.24, 2.45) is 5.73 Å². The van der Waals surface area contributed by atoms with Crippen molar-refractivity contribution in [1.82, 2.24) is 0 Å². The van der Waals surface area contributed by atoms with Crippen molar-refractivity contribution in [3.63, 3.8) is 0 Å². The first-order chi connectivity index (χ1) is 6.49. The van der Waals surface area contributed by atoms with Gasteiger partial charge in [0, 0.05) is 0 Å². The second-order valence-electron chi connectivity index (χ2n) is 3.41. The fraction of sp³-hybridized carbons (Fsp3) is 0.400. The lowest BCUT2D eigenvalue weighted by Crippen LogP contribution is -2.27. The maximum absolute atomic E-state index is 13.2. The first-order valence-electron chi connectivity index (χ1n) is 4.36. The summed E-state index contributed by atoms with van der Waals surface area (Å²) < 4.78 is 26.5. The average Bonchev–Trinajstić information content (AvgIpc) is 2.02. The molecule has 0 fully saturated rings. The highest BCUT2D eigenvalue weighted by molar-refractivity contribution is 5.25. The molecule has 1 unspecified atom stereocenters. The van der Waals surface area contributed by atoms with Gasteiger partial charge in [0.05, 0.1) is 11.2 Å². The van der Waals surface area contributed by atoms with Gasteiger partial charge in [0.1, 0.15) is 11.6 Å². The Morgan fingerprint density at radius 3 is 2.29 bits per heavy atom. The number of rotatable bonds is 3. The van der Waals surface area contributed by atoms with E-state index in [0.29, 0.717) is 0 Å². The van der Waals surface area contributed by atoms with Gasteiger partial charge in [-0.15, -0.1) is 0 Å². The average molecular weight is 201 g/mol. The summed E-state index contributed by atoms with van der Waals surface area (Å²) in [5.74, 6) is -1.49. The molecule has 1 atom stereocenters. The van der Waals surface area contributed by atoms with Crippen LogP contribution in [-0.4, -0.2) is 11.7 Å². The predicted octanol–water partition coefficient (Wildman–Crippen LogP) is 1.52. The highest BCUT2D eigenvalue weighted by atomic mass is 19.1. The van der Waals surface area contributed by atoms with Crippen molar-refractivity contribution >= 4 is 0 Å². The molecule has 0 spiro atoms. The number of halogens is 2. The lowest BCUT2D eigenvalue weighted by atomic mass is 9.91. The summed E-state index contributed by atoms with van der Waals surface area (Å²) in [4.78, 5) is 0. The Balaban J connectivity index is 3.17. The van der Waals surface area contributed by atoms with E-state index < -0.39 is 17.2 Å². The van der Waals surface area contributed by atoms with Gasteiger partial charge in [0.15, 0.2) is 0 Å². The fourth-order valence-electron chi connectivity index (χ4n) is 1.42. The van der Waals surface area contributed by atoms with Gasteiger partial charge < -0.3 is 10.8 Å². The predicted molar refractivity (Wildman–Crippen MR) is 49.6 cm³/mol. The van der Waals surface area contributed by atoms with Crippen LogP contribution < -0.4 is 5.73 Å². The molecule has 0 aliphatic rings. The Morgan fingerprint density at radius 1 is 1.36 bits per heavy atom. The molecule has 0 saturated heterocycles. The van der Waals surface area contributed by atoms with Crippen LogP contribution in [0.3, 0.4) is 0 Å². The molecule has 14 heavy (non-hydrogen) atoms. The van der Waals surface area contributed by atoms with E-state index in [1.165, 1.54) is 13.0 Å². The molecule has 1 aromatic rings. The third-order valence-electron chi connectivity index (χ3n) is 2.13. The molecular formula is C10H13F2NO. The van der Waals surface area contributed by atoms with Gasteiger partial charge in [-0.3, -0.25) is 0 Å². The Morgan fingerprint density at radius 2 is 1.86 bits per heavy atom. The Bertz CT molecular complexity index is 306. The maximum Gasteiger partial charge on any atom is 0.132 e. The van der Waals surface area contributed by atoms with Crippen molar-refractivity contribution < 1.29 is 13.9 Å². The number of hydrogen-bond donors (Lipinski definition) is 2. The molecule has 0 aromatic heterocycles. The molecule has 0 radical (unpaired) electrons. The summed E-state index contributed by atoms with van der Waals surface area (Å²) in [5.41, 5.74) is 3.38. The summed E-state index contributed by atoms with van der Waals surface area (Å²) >= 11 is 0. The molecular weight excluding hydrogens is 188 g/mol. The SMILES string of the molecule is CC(O)(CCN)c1c(F)cccc1F. The van der Waals surface area contributed by atoms with Gasteiger partial charge in [0.2, 0.25) is 0 Å². The highest BCUT2D eigenvalue weighted by Gasteiger charge is 2.28. The van der Waals surface area contributed by atoms with Crippen molar-refractivity contribution in [3.8, 4) is 0 Å². The minimum absolute atomic E-state index is 0.116. The molecule has 1 rings (SSSR count). The number of aliphatic hydroxyl groups is 1. The summed E-state index contributed by atoms with van der Waals surface area (Å²) in [6, 6.07) is 3.49. The molecule has 2 nitrogen and oxygen atoms in total. The molecule has 1 aromatic carbocycles. The van der Waals surface area contributed by atoms with Crippen molar-refractivity contribution in [2.75, 3.05) is 6.54 Å². The Hall–Kier alpha value is -1.00. The maximum atomic E-state index is 13.2. The third kappa shape index (κ3) is 2.08. The first-order valence-corrected chi connectivity index (χ1v) is 4.36. The van der Waals surface area contributed by atoms with Crippen LogP contribution in [0.25, 0.3) is 0 Å². The first kappa shape index (κ1) is 11.1. The van der Waals surface area contributed by atoms with Gasteiger partial charge >= 0.3 is 0 Å². The fourth-order valence-corrected chi connectivity index (χ4v) is 1.42. The molecule has 0 heterocycles. The number of hydrogen-bond acceptors (Lipinski definition) is 2. The van der Waals surface area contributed by atoms with Crippen molar-refractivity contribution in [3.05, 3.63) is 35.4 Å². The van der Waals surface area contributed by atoms with E-state index in [-0.39, 0.29) is 18.5 Å². The van der Waals surface area contributed by atoms with Crippen LogP contribution in [0.4, 0.5) is 8.78 Å². The molecule has 0 amide bonds. The van der Waals surface area contributed by atoms with E-state index in [1.54, 1.807) is 0 Å². The lowest BCUT2D eigenvalue weighted by molar-refractivity contribution is 0.0427. The summed E-state index contributed by atoms with van der Waals surface area (Å²) in [6.45, 7) is 1.52. The lowest BCUT2D eigenvalue weighted by Gasteiger charge is -2.23. The Kier molecular flexibility index (Phi) is 3.18. The molecule has 3 N–H and O–H groups in total. The van der Waals surface area contributed by atoms with Crippen LogP contribution in [0, 0.1) is 11.6 Å². The monoisotopic (exact) mass is 201 g/mol. The van der Waals surface area contributed by atoms with Crippen LogP contribution in [0.2, 0.25) is 0 Å². The largest absolute Gasteiger partial charge is 0.385 e. The van der Waals surface area contributed by atoms with Gasteiger partial charge in [-0.05, 0) is 32.0 Å². The minimum Gasteiger partial charge on any atom is -0.385 e. The Labute approximate surface area is 81.4 Å². The zero-order valence-corrected chi connectivity index (χ0v) is 7.93. The zero-order valence-electron chi connectivity index (χ0n) is 7.93. The van der Waals surface area contributed by atoms with E-state index in [2.05, 4.69) is 0 Å². The van der Waals surface area contributed by atoms with E-state index in [1.807, 2.05) is 0 Å². The second-order valence-corrected chi connectivity index (χ2v) is 3.41. The van der Waals surface area contributed by atoms with E-state index in [4.69, 9.17) is 5.73 Å². The minimum atomic E-state index is -1.55. The quantitative estimate of drug-likeness (QED) is 0.778. The van der Waals surface area contributed by atoms with Gasteiger partial charge in [-0.1, -0.05) is 6.07 Å². The molecule has 0 aliphatic heterocycles. The van der Waals surface area contributed by atoms with Gasteiger partial charge in [-0.25, -0.2) is 8.78 Å². The van der Waals surface area contributed by atoms with Crippen LogP contribution in [0.15, 0.2) is 18.2 Å². The zero-order chi connectivity index (χ0) is 10.8. The van der Waals surface area contributed by atoms with Crippen LogP contribution in [0.5, 0.6) is 0 Å². The van der Waals surface area contributed by atoms with Gasteiger partial charge in [0.25, 0.3) is 0 Å². The molecule has 0 bridgehead atoms. The van der Waals surface area contributed by atoms with Gasteiger partial charge in [-0.2, -0.15) is 0 Å². The second kappa shape index (κ2) is 4.02. The number of nitrogens with two attached hydrogens (primary N) is 1. The van der Waals surface area contributed by atoms with Crippen LogP contribution in [0.1, 0.15) is 18.9 Å². The molecule has 0 aliphatic carbocycles. The van der Waals surface area contributed by atoms with Crippen LogP contribution >= 0.6 is 0 Å². The van der Waals surface area contributed by atoms with Crippen molar-refractivity contribution in [2.45, 2.75) is 18.9 Å². The standard InChI is InChI=1S/C10H13F2NO/c1-10(14,5-6-13)9-7(11)3-2-4-8(9)12/h2-4,14H,5-6,13H2,1H3. The van der Waals surface area contributed by atoms with E-state index in [0.717, 1.165) is 12.1 Å². The smallest absolute Gasteiger partial charge is 0.132 e. The van der Waals surface area contributed by atoms with Crippen molar-refractivity contribution in [1.29, 1.82) is 0 Å². The topological polar surface area (TPSA) is 46.2 Å². The summed E-state index contributed by atoms with van der Waals surface area (Å²) in [7, 11) is 0. The highest BCUT2D eigenvalue weighted by Crippen LogP contribution is 2.28.